The van der Waals surface area contributed by atoms with Crippen LogP contribution in [0.25, 0.3) is 0 Å². The SMILES string of the molecule is Cc1ncncc1C(=O)Nc1ccc(N2CCCCC2)cc1. The molecule has 22 heavy (non-hydrogen) atoms. The average Bonchev–Trinajstić information content (AvgIpc) is 2.57. The highest BCUT2D eigenvalue weighted by Crippen LogP contribution is 2.22. The second-order valence-corrected chi connectivity index (χ2v) is 5.57. The van der Waals surface area contributed by atoms with E-state index in [1.54, 1.807) is 13.1 Å². The Labute approximate surface area is 130 Å². The summed E-state index contributed by atoms with van der Waals surface area (Å²) in [6.45, 7) is 4.04. The van der Waals surface area contributed by atoms with Crippen LogP contribution < -0.4 is 10.2 Å². The van der Waals surface area contributed by atoms with Gasteiger partial charge in [0, 0.05) is 30.7 Å². The molecule has 1 aromatic carbocycles. The summed E-state index contributed by atoms with van der Waals surface area (Å²) in [5.74, 6) is -0.177. The van der Waals surface area contributed by atoms with Crippen LogP contribution in [0, 0.1) is 6.92 Å². The van der Waals surface area contributed by atoms with Gasteiger partial charge in [-0.1, -0.05) is 0 Å². The summed E-state index contributed by atoms with van der Waals surface area (Å²) < 4.78 is 0. The Morgan fingerprint density at radius 3 is 2.55 bits per heavy atom. The summed E-state index contributed by atoms with van der Waals surface area (Å²) in [5, 5.41) is 2.89. The summed E-state index contributed by atoms with van der Waals surface area (Å²) in [6.07, 6.45) is 6.82. The third-order valence-electron chi connectivity index (χ3n) is 4.00. The molecule has 0 unspecified atom stereocenters. The van der Waals surface area contributed by atoms with E-state index in [0.717, 1.165) is 18.8 Å². The maximum atomic E-state index is 12.2. The first-order valence-corrected chi connectivity index (χ1v) is 7.67. The van der Waals surface area contributed by atoms with Gasteiger partial charge in [-0.25, -0.2) is 9.97 Å². The van der Waals surface area contributed by atoms with E-state index >= 15 is 0 Å². The molecule has 0 atom stereocenters. The highest BCUT2D eigenvalue weighted by Gasteiger charge is 2.12. The number of hydrogen-bond donors (Lipinski definition) is 1. The molecule has 2 aromatic rings. The first kappa shape index (κ1) is 14.5. The van der Waals surface area contributed by atoms with E-state index in [2.05, 4.69) is 32.3 Å². The van der Waals surface area contributed by atoms with Gasteiger partial charge in [0.15, 0.2) is 0 Å². The summed E-state index contributed by atoms with van der Waals surface area (Å²) >= 11 is 0. The lowest BCUT2D eigenvalue weighted by Gasteiger charge is -2.28. The van der Waals surface area contributed by atoms with E-state index in [9.17, 15) is 4.79 Å². The van der Waals surface area contributed by atoms with Crippen LogP contribution in [0.2, 0.25) is 0 Å². The molecule has 3 rings (SSSR count). The minimum absolute atomic E-state index is 0.177. The maximum absolute atomic E-state index is 12.2. The van der Waals surface area contributed by atoms with E-state index in [-0.39, 0.29) is 5.91 Å². The summed E-state index contributed by atoms with van der Waals surface area (Å²) in [6, 6.07) is 8.02. The van der Waals surface area contributed by atoms with Crippen LogP contribution in [0.15, 0.2) is 36.8 Å². The van der Waals surface area contributed by atoms with Crippen molar-refractivity contribution in [2.75, 3.05) is 23.3 Å². The first-order chi connectivity index (χ1) is 10.7. The standard InChI is InChI=1S/C17H20N4O/c1-13-16(11-18-12-19-13)17(22)20-14-5-7-15(8-6-14)21-9-3-2-4-10-21/h5-8,11-12H,2-4,9-10H2,1H3,(H,20,22). The number of aromatic nitrogens is 2. The van der Waals surface area contributed by atoms with E-state index in [1.807, 2.05) is 12.1 Å². The number of anilines is 2. The van der Waals surface area contributed by atoms with Crippen LogP contribution in [0.1, 0.15) is 35.3 Å². The number of aryl methyl sites for hydroxylation is 1. The quantitative estimate of drug-likeness (QED) is 0.946. The number of carbonyl (C=O) groups excluding carboxylic acids is 1. The number of piperidine rings is 1. The molecule has 1 N–H and O–H groups in total. The van der Waals surface area contributed by atoms with Gasteiger partial charge >= 0.3 is 0 Å². The number of benzene rings is 1. The Bertz CT molecular complexity index is 648. The van der Waals surface area contributed by atoms with Gasteiger partial charge in [0.25, 0.3) is 5.91 Å². The number of rotatable bonds is 3. The summed E-state index contributed by atoms with van der Waals surface area (Å²) in [4.78, 5) is 22.6. The Kier molecular flexibility index (Phi) is 4.32. The predicted octanol–water partition coefficient (Wildman–Crippen LogP) is 3.03. The van der Waals surface area contributed by atoms with Crippen molar-refractivity contribution in [3.05, 3.63) is 48.0 Å². The number of nitrogens with one attached hydrogen (secondary N) is 1. The Hall–Kier alpha value is -2.43. The predicted molar refractivity (Wildman–Crippen MR) is 87.2 cm³/mol. The molecule has 0 spiro atoms. The maximum Gasteiger partial charge on any atom is 0.259 e. The molecule has 1 saturated heterocycles. The fourth-order valence-corrected chi connectivity index (χ4v) is 2.72. The van der Waals surface area contributed by atoms with E-state index < -0.39 is 0 Å². The van der Waals surface area contributed by atoms with Crippen molar-refractivity contribution in [1.29, 1.82) is 0 Å². The van der Waals surface area contributed by atoms with Crippen molar-refractivity contribution < 1.29 is 4.79 Å². The number of hydrogen-bond acceptors (Lipinski definition) is 4. The second-order valence-electron chi connectivity index (χ2n) is 5.57. The summed E-state index contributed by atoms with van der Waals surface area (Å²) in [7, 11) is 0. The lowest BCUT2D eigenvalue weighted by atomic mass is 10.1. The number of carbonyl (C=O) groups is 1. The molecular weight excluding hydrogens is 276 g/mol. The molecule has 1 aliphatic rings. The Balaban J connectivity index is 1.68. The normalized spacial score (nSPS) is 14.7. The lowest BCUT2D eigenvalue weighted by molar-refractivity contribution is 0.102. The van der Waals surface area contributed by atoms with E-state index in [1.165, 1.54) is 31.3 Å². The lowest BCUT2D eigenvalue weighted by Crippen LogP contribution is -2.29. The number of nitrogens with zero attached hydrogens (tertiary/aromatic N) is 3. The van der Waals surface area contributed by atoms with Crippen molar-refractivity contribution in [3.8, 4) is 0 Å². The molecule has 114 valence electrons. The van der Waals surface area contributed by atoms with Crippen molar-refractivity contribution in [1.82, 2.24) is 9.97 Å². The molecular formula is C17H20N4O. The van der Waals surface area contributed by atoms with Crippen molar-refractivity contribution in [3.63, 3.8) is 0 Å². The molecule has 2 heterocycles. The topological polar surface area (TPSA) is 58.1 Å². The molecule has 5 heteroatoms. The highest BCUT2D eigenvalue weighted by atomic mass is 16.1. The van der Waals surface area contributed by atoms with E-state index in [4.69, 9.17) is 0 Å². The van der Waals surface area contributed by atoms with Gasteiger partial charge in [0.05, 0.1) is 11.3 Å². The fourth-order valence-electron chi connectivity index (χ4n) is 2.72. The molecule has 1 aromatic heterocycles. The van der Waals surface area contributed by atoms with Crippen molar-refractivity contribution >= 4 is 17.3 Å². The second kappa shape index (κ2) is 6.56. The van der Waals surface area contributed by atoms with Crippen LogP contribution in [-0.2, 0) is 0 Å². The highest BCUT2D eigenvalue weighted by molar-refractivity contribution is 6.04. The zero-order chi connectivity index (χ0) is 15.4. The van der Waals surface area contributed by atoms with Crippen LogP contribution >= 0.6 is 0 Å². The van der Waals surface area contributed by atoms with Gasteiger partial charge in [-0.05, 0) is 50.5 Å². The van der Waals surface area contributed by atoms with E-state index in [0.29, 0.717) is 11.3 Å². The molecule has 5 nitrogen and oxygen atoms in total. The fraction of sp³-hybridized carbons (Fsp3) is 0.353. The van der Waals surface area contributed by atoms with Crippen LogP contribution in [0.4, 0.5) is 11.4 Å². The van der Waals surface area contributed by atoms with Gasteiger partial charge in [0.1, 0.15) is 6.33 Å². The average molecular weight is 296 g/mol. The zero-order valence-electron chi connectivity index (χ0n) is 12.7. The van der Waals surface area contributed by atoms with Crippen LogP contribution in [-0.4, -0.2) is 29.0 Å². The Morgan fingerprint density at radius 2 is 1.86 bits per heavy atom. The van der Waals surface area contributed by atoms with Gasteiger partial charge in [-0.3, -0.25) is 4.79 Å². The largest absolute Gasteiger partial charge is 0.372 e. The minimum Gasteiger partial charge on any atom is -0.372 e. The number of amides is 1. The van der Waals surface area contributed by atoms with Crippen LogP contribution in [0.5, 0.6) is 0 Å². The van der Waals surface area contributed by atoms with Gasteiger partial charge < -0.3 is 10.2 Å². The first-order valence-electron chi connectivity index (χ1n) is 7.67. The third kappa shape index (κ3) is 3.24. The molecule has 1 fully saturated rings. The molecule has 0 radical (unpaired) electrons. The monoisotopic (exact) mass is 296 g/mol. The van der Waals surface area contributed by atoms with Gasteiger partial charge in [-0.2, -0.15) is 0 Å². The molecule has 1 aliphatic heterocycles. The Morgan fingerprint density at radius 1 is 1.14 bits per heavy atom. The molecule has 0 bridgehead atoms. The van der Waals surface area contributed by atoms with Crippen molar-refractivity contribution in [2.24, 2.45) is 0 Å². The zero-order valence-corrected chi connectivity index (χ0v) is 12.7. The molecule has 0 aliphatic carbocycles. The summed E-state index contributed by atoms with van der Waals surface area (Å²) in [5.41, 5.74) is 3.19. The van der Waals surface area contributed by atoms with Gasteiger partial charge in [-0.15, -0.1) is 0 Å². The molecule has 0 saturated carbocycles. The molecule has 1 amide bonds. The smallest absolute Gasteiger partial charge is 0.259 e. The minimum atomic E-state index is -0.177. The van der Waals surface area contributed by atoms with Gasteiger partial charge in [0.2, 0.25) is 0 Å². The third-order valence-corrected chi connectivity index (χ3v) is 4.00. The van der Waals surface area contributed by atoms with Crippen LogP contribution in [0.3, 0.4) is 0 Å². The van der Waals surface area contributed by atoms with Crippen molar-refractivity contribution in [2.45, 2.75) is 26.2 Å².